The van der Waals surface area contributed by atoms with Crippen LogP contribution in [0.3, 0.4) is 0 Å². The van der Waals surface area contributed by atoms with Gasteiger partial charge in [0.2, 0.25) is 0 Å². The van der Waals surface area contributed by atoms with Crippen molar-refractivity contribution in [2.45, 2.75) is 38.6 Å². The number of likely N-dealkylation sites (tertiary alicyclic amines) is 2. The normalized spacial score (nSPS) is 25.1. The second-order valence-electron chi connectivity index (χ2n) is 7.08. The number of aliphatic hydroxyl groups excluding tert-OH is 1. The molecule has 1 aromatic rings. The minimum absolute atomic E-state index is 0.0572. The molecular formula is C18H27N3O2S. The van der Waals surface area contributed by atoms with Gasteiger partial charge in [-0.3, -0.25) is 9.69 Å². The van der Waals surface area contributed by atoms with E-state index in [0.29, 0.717) is 6.54 Å². The van der Waals surface area contributed by atoms with E-state index in [2.05, 4.69) is 16.5 Å². The van der Waals surface area contributed by atoms with Gasteiger partial charge in [0.1, 0.15) is 9.88 Å². The molecule has 0 unspecified atom stereocenters. The first-order valence-electron chi connectivity index (χ1n) is 8.84. The molecule has 6 heteroatoms. The van der Waals surface area contributed by atoms with E-state index in [1.54, 1.807) is 6.20 Å². The van der Waals surface area contributed by atoms with Crippen molar-refractivity contribution in [1.82, 2.24) is 14.8 Å². The number of aliphatic hydroxyl groups is 1. The van der Waals surface area contributed by atoms with E-state index < -0.39 is 0 Å². The summed E-state index contributed by atoms with van der Waals surface area (Å²) in [5.41, 5.74) is -0.223. The second-order valence-corrected chi connectivity index (χ2v) is 8.20. The van der Waals surface area contributed by atoms with Crippen LogP contribution in [0.4, 0.5) is 0 Å². The molecular weight excluding hydrogens is 322 g/mol. The Hall–Kier alpha value is -1.24. The predicted octanol–water partition coefficient (Wildman–Crippen LogP) is 2.53. The Morgan fingerprint density at radius 2 is 2.17 bits per heavy atom. The van der Waals surface area contributed by atoms with Crippen molar-refractivity contribution in [3.63, 3.8) is 0 Å². The minimum atomic E-state index is -0.223. The van der Waals surface area contributed by atoms with Gasteiger partial charge in [0.15, 0.2) is 0 Å². The molecule has 5 nitrogen and oxygen atoms in total. The Kier molecular flexibility index (Phi) is 5.69. The van der Waals surface area contributed by atoms with E-state index in [4.69, 9.17) is 0 Å². The number of carbonyl (C=O) groups excluding carboxylic acids is 1. The summed E-state index contributed by atoms with van der Waals surface area (Å²) in [5.74, 6) is 0.0572. The predicted molar refractivity (Wildman–Crippen MR) is 96.1 cm³/mol. The molecule has 3 rings (SSSR count). The molecule has 0 aliphatic carbocycles. The van der Waals surface area contributed by atoms with Crippen molar-refractivity contribution in [1.29, 1.82) is 0 Å². The zero-order valence-electron chi connectivity index (χ0n) is 14.2. The maximum atomic E-state index is 12.8. The molecule has 1 amide bonds. The molecule has 2 aliphatic rings. The number of rotatable bonds is 6. The molecule has 2 saturated heterocycles. The lowest BCUT2D eigenvalue weighted by Gasteiger charge is -2.41. The molecule has 1 aromatic heterocycles. The Balaban J connectivity index is 1.65. The maximum Gasteiger partial charge on any atom is 0.265 e. The van der Waals surface area contributed by atoms with Crippen LogP contribution in [-0.4, -0.2) is 58.6 Å². The first-order chi connectivity index (χ1) is 11.7. The number of hydrogen-bond acceptors (Lipinski definition) is 5. The molecule has 2 aliphatic heterocycles. The number of hydrogen-bond donors (Lipinski definition) is 1. The summed E-state index contributed by atoms with van der Waals surface area (Å²) in [7, 11) is 0. The van der Waals surface area contributed by atoms with Crippen molar-refractivity contribution in [3.8, 4) is 0 Å². The van der Waals surface area contributed by atoms with Crippen molar-refractivity contribution in [2.24, 2.45) is 5.41 Å². The lowest BCUT2D eigenvalue weighted by molar-refractivity contribution is 0.0288. The van der Waals surface area contributed by atoms with Gasteiger partial charge in [0, 0.05) is 18.5 Å². The Labute approximate surface area is 148 Å². The molecule has 2 fully saturated rings. The summed E-state index contributed by atoms with van der Waals surface area (Å²) >= 11 is 1.52. The summed E-state index contributed by atoms with van der Waals surface area (Å²) in [5, 5.41) is 10.8. The average molecular weight is 350 g/mol. The van der Waals surface area contributed by atoms with E-state index >= 15 is 0 Å². The van der Waals surface area contributed by atoms with Gasteiger partial charge >= 0.3 is 0 Å². The molecule has 1 atom stereocenters. The lowest BCUT2D eigenvalue weighted by Crippen LogP contribution is -2.47. The van der Waals surface area contributed by atoms with Gasteiger partial charge in [-0.15, -0.1) is 17.9 Å². The monoisotopic (exact) mass is 349 g/mol. The van der Waals surface area contributed by atoms with E-state index in [9.17, 15) is 9.90 Å². The smallest absolute Gasteiger partial charge is 0.265 e. The molecule has 3 heterocycles. The van der Waals surface area contributed by atoms with Crippen LogP contribution < -0.4 is 0 Å². The van der Waals surface area contributed by atoms with Crippen molar-refractivity contribution >= 4 is 17.2 Å². The number of amides is 1. The average Bonchev–Trinajstić information content (AvgIpc) is 3.27. The molecule has 0 bridgehead atoms. The SMILES string of the molecule is C=CC[C@]1(CO)CCCN(C(=O)c2cnc(CN3CCCC3)s2)C1. The standard InChI is InChI=1S/C18H27N3O2S/c1-2-6-18(14-22)7-5-10-21(13-18)17(23)15-11-19-16(24-15)12-20-8-3-4-9-20/h2,11,22H,1,3-10,12-14H2/t18-/m0/s1. The van der Waals surface area contributed by atoms with Crippen LogP contribution in [0.5, 0.6) is 0 Å². The third kappa shape index (κ3) is 3.87. The lowest BCUT2D eigenvalue weighted by atomic mass is 9.78. The molecule has 24 heavy (non-hydrogen) atoms. The molecule has 0 radical (unpaired) electrons. The minimum Gasteiger partial charge on any atom is -0.396 e. The molecule has 0 saturated carbocycles. The van der Waals surface area contributed by atoms with Crippen molar-refractivity contribution in [3.05, 3.63) is 28.7 Å². The topological polar surface area (TPSA) is 56.7 Å². The van der Waals surface area contributed by atoms with Gasteiger partial charge < -0.3 is 10.0 Å². The quantitative estimate of drug-likeness (QED) is 0.802. The highest BCUT2D eigenvalue weighted by atomic mass is 32.1. The van der Waals surface area contributed by atoms with Gasteiger partial charge in [-0.25, -0.2) is 4.98 Å². The largest absolute Gasteiger partial charge is 0.396 e. The highest BCUT2D eigenvalue weighted by Crippen LogP contribution is 2.34. The first-order valence-corrected chi connectivity index (χ1v) is 9.65. The third-order valence-electron chi connectivity index (χ3n) is 5.18. The molecule has 0 spiro atoms. The fourth-order valence-electron chi connectivity index (χ4n) is 3.82. The van der Waals surface area contributed by atoms with Gasteiger partial charge in [0.25, 0.3) is 5.91 Å². The van der Waals surface area contributed by atoms with Crippen molar-refractivity contribution < 1.29 is 9.90 Å². The summed E-state index contributed by atoms with van der Waals surface area (Å²) in [6, 6.07) is 0. The number of aromatic nitrogens is 1. The fourth-order valence-corrected chi connectivity index (χ4v) is 4.75. The Morgan fingerprint density at radius 3 is 2.88 bits per heavy atom. The van der Waals surface area contributed by atoms with Gasteiger partial charge in [0.05, 0.1) is 19.3 Å². The second kappa shape index (κ2) is 7.76. The first kappa shape index (κ1) is 17.6. The van der Waals surface area contributed by atoms with Crippen LogP contribution in [0.2, 0.25) is 0 Å². The van der Waals surface area contributed by atoms with Gasteiger partial charge in [-0.05, 0) is 45.2 Å². The number of thiazole rings is 1. The Bertz CT molecular complexity index is 583. The van der Waals surface area contributed by atoms with E-state index in [0.717, 1.165) is 55.3 Å². The van der Waals surface area contributed by atoms with Crippen molar-refractivity contribution in [2.75, 3.05) is 32.8 Å². The summed E-state index contributed by atoms with van der Waals surface area (Å²) in [4.78, 5) is 22.3. The highest BCUT2D eigenvalue weighted by Gasteiger charge is 2.36. The number of allylic oxidation sites excluding steroid dienone is 1. The van der Waals surface area contributed by atoms with Gasteiger partial charge in [-0.1, -0.05) is 6.08 Å². The number of carbonyl (C=O) groups is 1. The molecule has 132 valence electrons. The van der Waals surface area contributed by atoms with Crippen LogP contribution in [0, 0.1) is 5.41 Å². The van der Waals surface area contributed by atoms with Crippen LogP contribution >= 0.6 is 11.3 Å². The highest BCUT2D eigenvalue weighted by molar-refractivity contribution is 7.13. The molecule has 1 N–H and O–H groups in total. The van der Waals surface area contributed by atoms with Crippen LogP contribution in [0.1, 0.15) is 46.8 Å². The molecule has 0 aromatic carbocycles. The maximum absolute atomic E-state index is 12.8. The van der Waals surface area contributed by atoms with E-state index in [1.165, 1.54) is 24.2 Å². The Morgan fingerprint density at radius 1 is 1.38 bits per heavy atom. The summed E-state index contributed by atoms with van der Waals surface area (Å²) < 4.78 is 0. The van der Waals surface area contributed by atoms with Crippen LogP contribution in [0.15, 0.2) is 18.9 Å². The van der Waals surface area contributed by atoms with Gasteiger partial charge in [-0.2, -0.15) is 0 Å². The zero-order valence-corrected chi connectivity index (χ0v) is 15.1. The summed E-state index contributed by atoms with van der Waals surface area (Å²) in [6.45, 7) is 8.39. The zero-order chi connectivity index (χ0) is 17.0. The van der Waals surface area contributed by atoms with E-state index in [-0.39, 0.29) is 17.9 Å². The third-order valence-corrected chi connectivity index (χ3v) is 6.15. The number of nitrogens with zero attached hydrogens (tertiary/aromatic N) is 3. The van der Waals surface area contributed by atoms with E-state index in [1.807, 2.05) is 11.0 Å². The summed E-state index contributed by atoms with van der Waals surface area (Å²) in [6.07, 6.45) is 8.72. The number of piperidine rings is 1. The van der Waals surface area contributed by atoms with Crippen LogP contribution in [-0.2, 0) is 6.54 Å². The fraction of sp³-hybridized carbons (Fsp3) is 0.667. The van der Waals surface area contributed by atoms with Crippen LogP contribution in [0.25, 0.3) is 0 Å².